The summed E-state index contributed by atoms with van der Waals surface area (Å²) in [6.45, 7) is 6.70. The molecule has 0 aliphatic carbocycles. The van der Waals surface area contributed by atoms with Crippen molar-refractivity contribution < 1.29 is 34.3 Å². The average molecular weight is 433 g/mol. The minimum atomic E-state index is -1.02. The van der Waals surface area contributed by atoms with Crippen LogP contribution < -0.4 is 14.2 Å². The molecule has 0 aliphatic heterocycles. The number of aromatic hydroxyl groups is 1. The first-order valence-electron chi connectivity index (χ1n) is 10.4. The van der Waals surface area contributed by atoms with Gasteiger partial charge in [0.15, 0.2) is 11.5 Å². The molecule has 0 spiro atoms. The first kappa shape index (κ1) is 24.3. The summed E-state index contributed by atoms with van der Waals surface area (Å²) in [4.78, 5) is 11.0. The van der Waals surface area contributed by atoms with E-state index in [1.54, 1.807) is 25.1 Å². The molecule has 3 N–H and O–H groups in total. The van der Waals surface area contributed by atoms with Crippen LogP contribution in [0.2, 0.25) is 0 Å². The van der Waals surface area contributed by atoms with E-state index in [-0.39, 0.29) is 11.3 Å². The van der Waals surface area contributed by atoms with Crippen LogP contribution in [0.4, 0.5) is 0 Å². The van der Waals surface area contributed by atoms with Crippen molar-refractivity contribution in [2.75, 3.05) is 20.3 Å². The molecule has 0 heterocycles. The summed E-state index contributed by atoms with van der Waals surface area (Å²) in [5.74, 6) is 0.830. The third-order valence-electron chi connectivity index (χ3n) is 4.93. The fourth-order valence-electron chi connectivity index (χ4n) is 3.19. The van der Waals surface area contributed by atoms with Crippen LogP contribution in [0.3, 0.4) is 0 Å². The normalized spacial score (nSPS) is 11.9. The Kier molecular flexibility index (Phi) is 9.00. The van der Waals surface area contributed by atoms with Gasteiger partial charge in [-0.05, 0) is 62.4 Å². The molecule has 0 fully saturated rings. The number of aliphatic hydroxyl groups is 1. The number of unbranched alkanes of at least 4 members (excludes halogenated alkanes) is 1. The topological polar surface area (TPSA) is 105 Å². The van der Waals surface area contributed by atoms with E-state index in [9.17, 15) is 15.0 Å². The highest BCUT2D eigenvalue weighted by molar-refractivity contribution is 5.88. The second-order valence-electron chi connectivity index (χ2n) is 7.85. The van der Waals surface area contributed by atoms with Gasteiger partial charge in [-0.25, -0.2) is 4.79 Å². The third kappa shape index (κ3) is 6.79. The van der Waals surface area contributed by atoms with Crippen LogP contribution in [0.1, 0.15) is 60.7 Å². The maximum absolute atomic E-state index is 11.0. The molecule has 0 amide bonds. The molecule has 0 aromatic heterocycles. The summed E-state index contributed by atoms with van der Waals surface area (Å²) >= 11 is 0. The van der Waals surface area contributed by atoms with Gasteiger partial charge in [0.05, 0.1) is 32.0 Å². The van der Waals surface area contributed by atoms with E-state index >= 15 is 0 Å². The molecule has 7 nitrogen and oxygen atoms in total. The van der Waals surface area contributed by atoms with E-state index < -0.39 is 12.1 Å². The zero-order valence-corrected chi connectivity index (χ0v) is 18.6. The molecule has 1 unspecified atom stereocenters. The van der Waals surface area contributed by atoms with Crippen molar-refractivity contribution in [3.63, 3.8) is 0 Å². The number of ether oxygens (including phenoxy) is 3. The quantitative estimate of drug-likeness (QED) is 0.417. The molecule has 170 valence electrons. The molecule has 7 heteroatoms. The van der Waals surface area contributed by atoms with Crippen molar-refractivity contribution >= 4 is 5.97 Å². The van der Waals surface area contributed by atoms with Gasteiger partial charge in [-0.15, -0.1) is 0 Å². The SMILES string of the molecule is COc1cc(C(=O)O)ccc1OCCCCOc1ccc(C(O)CC(C)C)c(O)c1C. The number of methoxy groups -OCH3 is 1. The first-order valence-corrected chi connectivity index (χ1v) is 10.4. The van der Waals surface area contributed by atoms with Crippen molar-refractivity contribution in [1.82, 2.24) is 0 Å². The maximum Gasteiger partial charge on any atom is 0.335 e. The Morgan fingerprint density at radius 3 is 2.19 bits per heavy atom. The summed E-state index contributed by atoms with van der Waals surface area (Å²) in [5, 5.41) is 29.7. The Labute approximate surface area is 183 Å². The molecular weight excluding hydrogens is 400 g/mol. The maximum atomic E-state index is 11.0. The molecule has 31 heavy (non-hydrogen) atoms. The van der Waals surface area contributed by atoms with Crippen LogP contribution in [0.15, 0.2) is 30.3 Å². The summed E-state index contributed by atoms with van der Waals surface area (Å²) in [7, 11) is 1.46. The van der Waals surface area contributed by atoms with Gasteiger partial charge in [0.25, 0.3) is 0 Å². The second kappa shape index (κ2) is 11.5. The highest BCUT2D eigenvalue weighted by Gasteiger charge is 2.17. The van der Waals surface area contributed by atoms with Gasteiger partial charge in [0.1, 0.15) is 11.5 Å². The third-order valence-corrected chi connectivity index (χ3v) is 4.93. The van der Waals surface area contributed by atoms with E-state index in [0.717, 1.165) is 12.8 Å². The van der Waals surface area contributed by atoms with Crippen LogP contribution in [0, 0.1) is 12.8 Å². The van der Waals surface area contributed by atoms with E-state index in [0.29, 0.717) is 53.9 Å². The zero-order valence-electron chi connectivity index (χ0n) is 18.6. The number of carboxylic acid groups (broad SMARTS) is 1. The number of hydrogen-bond donors (Lipinski definition) is 3. The fourth-order valence-corrected chi connectivity index (χ4v) is 3.19. The van der Waals surface area contributed by atoms with Crippen LogP contribution >= 0.6 is 0 Å². The number of aliphatic hydroxyl groups excluding tert-OH is 1. The Hall–Kier alpha value is -2.93. The molecule has 0 aliphatic rings. The van der Waals surface area contributed by atoms with Crippen molar-refractivity contribution in [2.45, 2.75) is 46.1 Å². The fraction of sp³-hybridized carbons (Fsp3) is 0.458. The molecular formula is C24H32O7. The number of hydrogen-bond acceptors (Lipinski definition) is 6. The van der Waals surface area contributed by atoms with E-state index in [1.807, 2.05) is 13.8 Å². The molecule has 0 bridgehead atoms. The number of phenols is 1. The van der Waals surface area contributed by atoms with Crippen LogP contribution in [0.25, 0.3) is 0 Å². The summed E-state index contributed by atoms with van der Waals surface area (Å²) in [6.07, 6.45) is 1.33. The van der Waals surface area contributed by atoms with Gasteiger partial charge in [0.2, 0.25) is 0 Å². The zero-order chi connectivity index (χ0) is 23.0. The first-order chi connectivity index (χ1) is 14.7. The van der Waals surface area contributed by atoms with Gasteiger partial charge in [-0.2, -0.15) is 0 Å². The summed E-state index contributed by atoms with van der Waals surface area (Å²) < 4.78 is 16.7. The highest BCUT2D eigenvalue weighted by Crippen LogP contribution is 2.36. The molecule has 1 atom stereocenters. The number of carbonyl (C=O) groups is 1. The Bertz CT molecular complexity index is 876. The Balaban J connectivity index is 1.82. The predicted octanol–water partition coefficient (Wildman–Crippen LogP) is 4.72. The second-order valence-corrected chi connectivity index (χ2v) is 7.85. The lowest BCUT2D eigenvalue weighted by molar-refractivity contribution is 0.0696. The lowest BCUT2D eigenvalue weighted by Gasteiger charge is -2.18. The van der Waals surface area contributed by atoms with Crippen LogP contribution in [0.5, 0.6) is 23.0 Å². The molecule has 2 aromatic rings. The van der Waals surface area contributed by atoms with E-state index in [2.05, 4.69) is 0 Å². The van der Waals surface area contributed by atoms with Crippen LogP contribution in [-0.2, 0) is 0 Å². The molecule has 0 saturated carbocycles. The minimum absolute atomic E-state index is 0.0749. The smallest absolute Gasteiger partial charge is 0.335 e. The monoisotopic (exact) mass is 432 g/mol. The Morgan fingerprint density at radius 2 is 1.61 bits per heavy atom. The standard InChI is InChI=1S/C24H32O7/c1-15(2)13-19(25)18-8-10-20(16(3)23(18)26)30-11-5-6-12-31-21-9-7-17(24(27)28)14-22(21)29-4/h7-10,14-15,19,25-26H,5-6,11-13H2,1-4H3,(H,27,28). The van der Waals surface area contributed by atoms with Crippen molar-refractivity contribution in [3.8, 4) is 23.0 Å². The van der Waals surface area contributed by atoms with Gasteiger partial charge in [-0.3, -0.25) is 0 Å². The van der Waals surface area contributed by atoms with Gasteiger partial charge in [-0.1, -0.05) is 13.8 Å². The minimum Gasteiger partial charge on any atom is -0.507 e. The van der Waals surface area contributed by atoms with Crippen molar-refractivity contribution in [1.29, 1.82) is 0 Å². The van der Waals surface area contributed by atoms with Crippen LogP contribution in [-0.4, -0.2) is 41.6 Å². The number of phenolic OH excluding ortho intramolecular Hbond substituents is 1. The highest BCUT2D eigenvalue weighted by atomic mass is 16.5. The van der Waals surface area contributed by atoms with E-state index in [1.165, 1.54) is 19.2 Å². The van der Waals surface area contributed by atoms with Gasteiger partial charge < -0.3 is 29.5 Å². The van der Waals surface area contributed by atoms with Crippen molar-refractivity contribution in [2.24, 2.45) is 5.92 Å². The largest absolute Gasteiger partial charge is 0.507 e. The number of carboxylic acids is 1. The summed E-state index contributed by atoms with van der Waals surface area (Å²) in [5.41, 5.74) is 1.27. The van der Waals surface area contributed by atoms with E-state index in [4.69, 9.17) is 19.3 Å². The molecule has 0 radical (unpaired) electrons. The Morgan fingerprint density at radius 1 is 1.00 bits per heavy atom. The lowest BCUT2D eigenvalue weighted by atomic mass is 9.97. The van der Waals surface area contributed by atoms with Gasteiger partial charge >= 0.3 is 5.97 Å². The summed E-state index contributed by atoms with van der Waals surface area (Å²) in [6, 6.07) is 7.97. The van der Waals surface area contributed by atoms with Gasteiger partial charge in [0, 0.05) is 11.1 Å². The number of benzene rings is 2. The molecule has 2 aromatic carbocycles. The number of aromatic carboxylic acids is 1. The average Bonchev–Trinajstić information content (AvgIpc) is 2.72. The number of rotatable bonds is 12. The van der Waals surface area contributed by atoms with Crippen molar-refractivity contribution in [3.05, 3.63) is 47.0 Å². The molecule has 2 rings (SSSR count). The molecule has 0 saturated heterocycles. The lowest BCUT2D eigenvalue weighted by Crippen LogP contribution is -2.06. The predicted molar refractivity (Wildman–Crippen MR) is 117 cm³/mol.